The lowest BCUT2D eigenvalue weighted by Gasteiger charge is -2.20. The first kappa shape index (κ1) is 24.8. The molecule has 0 radical (unpaired) electrons. The Balaban J connectivity index is 2.17. The third-order valence-electron chi connectivity index (χ3n) is 4.23. The highest BCUT2D eigenvalue weighted by molar-refractivity contribution is 7.18. The molecule has 1 aromatic heterocycles. The standard InChI is InChI=1S/C22H28ClN3O4S/c1-5-26(12-19(27)24-14(3)4)13-20(28)25-17-11-18(15-7-9-16(23)10-8-15)31-21(17)22(29)30-6-2/h7-11,14H,5-6,12-13H2,1-4H3,(H,24,27)(H,25,28). The second kappa shape index (κ2) is 11.8. The molecule has 9 heteroatoms. The van der Waals surface area contributed by atoms with Crippen molar-refractivity contribution < 1.29 is 19.1 Å². The van der Waals surface area contributed by atoms with Crippen LogP contribution in [0.5, 0.6) is 0 Å². The molecule has 0 saturated carbocycles. The molecule has 0 spiro atoms. The predicted molar refractivity (Wildman–Crippen MR) is 125 cm³/mol. The Hall–Kier alpha value is -2.42. The zero-order chi connectivity index (χ0) is 23.0. The van der Waals surface area contributed by atoms with Crippen LogP contribution < -0.4 is 10.6 Å². The minimum Gasteiger partial charge on any atom is -0.462 e. The van der Waals surface area contributed by atoms with E-state index in [1.54, 1.807) is 30.0 Å². The summed E-state index contributed by atoms with van der Waals surface area (Å²) in [6, 6.07) is 9.01. The molecule has 2 N–H and O–H groups in total. The molecule has 168 valence electrons. The number of carbonyl (C=O) groups is 3. The number of benzene rings is 1. The van der Waals surface area contributed by atoms with Gasteiger partial charge in [-0.25, -0.2) is 4.79 Å². The number of halogens is 1. The first-order chi connectivity index (χ1) is 14.7. The lowest BCUT2D eigenvalue weighted by Crippen LogP contribution is -2.42. The van der Waals surface area contributed by atoms with Gasteiger partial charge in [-0.15, -0.1) is 11.3 Å². The van der Waals surface area contributed by atoms with E-state index in [0.29, 0.717) is 22.1 Å². The van der Waals surface area contributed by atoms with Gasteiger partial charge in [-0.2, -0.15) is 0 Å². The van der Waals surface area contributed by atoms with E-state index < -0.39 is 5.97 Å². The van der Waals surface area contributed by atoms with Crippen molar-refractivity contribution in [1.82, 2.24) is 10.2 Å². The molecule has 2 aromatic rings. The average molecular weight is 466 g/mol. The lowest BCUT2D eigenvalue weighted by molar-refractivity contribution is -0.123. The zero-order valence-corrected chi connectivity index (χ0v) is 19.7. The number of rotatable bonds is 10. The van der Waals surface area contributed by atoms with Crippen molar-refractivity contribution in [3.8, 4) is 10.4 Å². The third-order valence-corrected chi connectivity index (χ3v) is 5.64. The summed E-state index contributed by atoms with van der Waals surface area (Å²) in [4.78, 5) is 39.9. The van der Waals surface area contributed by atoms with Gasteiger partial charge in [0.2, 0.25) is 11.8 Å². The van der Waals surface area contributed by atoms with Crippen molar-refractivity contribution in [1.29, 1.82) is 0 Å². The fourth-order valence-electron chi connectivity index (χ4n) is 2.83. The number of likely N-dealkylation sites (N-methyl/N-ethyl adjacent to an activating group) is 1. The van der Waals surface area contributed by atoms with E-state index in [9.17, 15) is 14.4 Å². The first-order valence-electron chi connectivity index (χ1n) is 10.1. The monoisotopic (exact) mass is 465 g/mol. The second-order valence-corrected chi connectivity index (χ2v) is 8.64. The number of amides is 2. The number of hydrogen-bond donors (Lipinski definition) is 2. The van der Waals surface area contributed by atoms with Gasteiger partial charge in [0, 0.05) is 15.9 Å². The molecule has 2 amide bonds. The van der Waals surface area contributed by atoms with Crippen LogP contribution in [0.2, 0.25) is 5.02 Å². The van der Waals surface area contributed by atoms with Gasteiger partial charge >= 0.3 is 5.97 Å². The highest BCUT2D eigenvalue weighted by Crippen LogP contribution is 2.35. The van der Waals surface area contributed by atoms with Crippen LogP contribution in [-0.4, -0.2) is 55.0 Å². The van der Waals surface area contributed by atoms with Gasteiger partial charge in [0.1, 0.15) is 4.88 Å². The van der Waals surface area contributed by atoms with Gasteiger partial charge in [-0.1, -0.05) is 30.7 Å². The van der Waals surface area contributed by atoms with Gasteiger partial charge in [0.25, 0.3) is 0 Å². The Kier molecular flexibility index (Phi) is 9.48. The van der Waals surface area contributed by atoms with Gasteiger partial charge in [0.05, 0.1) is 25.4 Å². The Morgan fingerprint density at radius 2 is 1.74 bits per heavy atom. The van der Waals surface area contributed by atoms with E-state index in [0.717, 1.165) is 10.4 Å². The average Bonchev–Trinajstić information content (AvgIpc) is 3.11. The number of thiophene rings is 1. The van der Waals surface area contributed by atoms with E-state index in [2.05, 4.69) is 10.6 Å². The van der Waals surface area contributed by atoms with Crippen LogP contribution in [0.4, 0.5) is 5.69 Å². The largest absolute Gasteiger partial charge is 0.462 e. The SMILES string of the molecule is CCOC(=O)c1sc(-c2ccc(Cl)cc2)cc1NC(=O)CN(CC)CC(=O)NC(C)C. The summed E-state index contributed by atoms with van der Waals surface area (Å²) >= 11 is 7.20. The van der Waals surface area contributed by atoms with Crippen molar-refractivity contribution in [3.05, 3.63) is 40.2 Å². The highest BCUT2D eigenvalue weighted by Gasteiger charge is 2.21. The van der Waals surface area contributed by atoms with E-state index in [4.69, 9.17) is 16.3 Å². The van der Waals surface area contributed by atoms with Crippen molar-refractivity contribution in [2.24, 2.45) is 0 Å². The predicted octanol–water partition coefficient (Wildman–Crippen LogP) is 4.03. The van der Waals surface area contributed by atoms with E-state index >= 15 is 0 Å². The molecule has 31 heavy (non-hydrogen) atoms. The van der Waals surface area contributed by atoms with E-state index in [1.165, 1.54) is 11.3 Å². The topological polar surface area (TPSA) is 87.7 Å². The molecule has 1 heterocycles. The molecule has 0 aliphatic carbocycles. The normalized spacial score (nSPS) is 10.9. The van der Waals surface area contributed by atoms with Crippen molar-refractivity contribution in [3.63, 3.8) is 0 Å². The molecule has 7 nitrogen and oxygen atoms in total. The van der Waals surface area contributed by atoms with Gasteiger partial charge in [-0.05, 0) is 51.1 Å². The summed E-state index contributed by atoms with van der Waals surface area (Å²) in [5, 5.41) is 6.23. The van der Waals surface area contributed by atoms with Crippen LogP contribution in [0.1, 0.15) is 37.4 Å². The lowest BCUT2D eigenvalue weighted by atomic mass is 10.2. The molecule has 0 unspecified atom stereocenters. The summed E-state index contributed by atoms with van der Waals surface area (Å²) in [7, 11) is 0. The van der Waals surface area contributed by atoms with Gasteiger partial charge < -0.3 is 15.4 Å². The third kappa shape index (κ3) is 7.65. The van der Waals surface area contributed by atoms with Crippen LogP contribution in [0.25, 0.3) is 10.4 Å². The fraction of sp³-hybridized carbons (Fsp3) is 0.409. The smallest absolute Gasteiger partial charge is 0.350 e. The van der Waals surface area contributed by atoms with Crippen molar-refractivity contribution in [2.45, 2.75) is 33.7 Å². The van der Waals surface area contributed by atoms with Crippen molar-refractivity contribution in [2.75, 3.05) is 31.6 Å². The molecule has 1 aromatic carbocycles. The van der Waals surface area contributed by atoms with Crippen LogP contribution in [0.15, 0.2) is 30.3 Å². The number of esters is 1. The molecular weight excluding hydrogens is 438 g/mol. The minimum atomic E-state index is -0.494. The number of anilines is 1. The molecular formula is C22H28ClN3O4S. The minimum absolute atomic E-state index is 0.0242. The maximum absolute atomic E-state index is 12.7. The Morgan fingerprint density at radius 3 is 2.32 bits per heavy atom. The molecule has 0 aliphatic rings. The maximum Gasteiger partial charge on any atom is 0.350 e. The Bertz CT molecular complexity index is 912. The summed E-state index contributed by atoms with van der Waals surface area (Å²) < 4.78 is 5.15. The van der Waals surface area contributed by atoms with E-state index in [1.807, 2.05) is 32.9 Å². The number of nitrogens with zero attached hydrogens (tertiary/aromatic N) is 1. The summed E-state index contributed by atoms with van der Waals surface area (Å²) in [5.41, 5.74) is 1.27. The molecule has 0 fully saturated rings. The molecule has 0 aliphatic heterocycles. The summed E-state index contributed by atoms with van der Waals surface area (Å²) in [6.45, 7) is 8.27. The molecule has 0 atom stereocenters. The molecule has 0 saturated heterocycles. The van der Waals surface area contributed by atoms with Gasteiger partial charge in [0.15, 0.2) is 0 Å². The highest BCUT2D eigenvalue weighted by atomic mass is 35.5. The quantitative estimate of drug-likeness (QED) is 0.517. The zero-order valence-electron chi connectivity index (χ0n) is 18.2. The van der Waals surface area contributed by atoms with Gasteiger partial charge in [-0.3, -0.25) is 14.5 Å². The number of carbonyl (C=O) groups excluding carboxylic acids is 3. The van der Waals surface area contributed by atoms with Crippen molar-refractivity contribution >= 4 is 46.4 Å². The van der Waals surface area contributed by atoms with E-state index in [-0.39, 0.29) is 37.6 Å². The van der Waals surface area contributed by atoms with Crippen LogP contribution >= 0.6 is 22.9 Å². The number of ether oxygens (including phenoxy) is 1. The molecule has 0 bridgehead atoms. The second-order valence-electron chi connectivity index (χ2n) is 7.15. The number of nitrogens with one attached hydrogen (secondary N) is 2. The Morgan fingerprint density at radius 1 is 1.10 bits per heavy atom. The first-order valence-corrected chi connectivity index (χ1v) is 11.3. The summed E-state index contributed by atoms with van der Waals surface area (Å²) in [5.74, 6) is -0.950. The number of hydrogen-bond acceptors (Lipinski definition) is 6. The maximum atomic E-state index is 12.7. The van der Waals surface area contributed by atoms with Crippen LogP contribution in [-0.2, 0) is 14.3 Å². The fourth-order valence-corrected chi connectivity index (χ4v) is 3.97. The van der Waals surface area contributed by atoms with Crippen LogP contribution in [0.3, 0.4) is 0 Å². The molecule has 2 rings (SSSR count). The Labute approximate surface area is 191 Å². The van der Waals surface area contributed by atoms with Crippen LogP contribution in [0, 0.1) is 0 Å². The summed E-state index contributed by atoms with van der Waals surface area (Å²) in [6.07, 6.45) is 0.